The number of carbonyl (C=O) groups is 3. The molecule has 42 heavy (non-hydrogen) atoms. The van der Waals surface area contributed by atoms with E-state index in [1.807, 2.05) is 39.0 Å². The number of aliphatic hydroxyl groups excluding tert-OH is 1. The summed E-state index contributed by atoms with van der Waals surface area (Å²) in [5, 5.41) is 10.8. The molecule has 1 aromatic carbocycles. The molecular weight excluding hydrogens is 640 g/mol. The minimum Gasteiger partial charge on any atom is -0.465 e. The van der Waals surface area contributed by atoms with Crippen LogP contribution in [0.3, 0.4) is 0 Å². The maximum atomic E-state index is 14.9. The number of amides is 2. The molecule has 7 nitrogen and oxygen atoms in total. The maximum absolute atomic E-state index is 14.9. The highest BCUT2D eigenvalue weighted by molar-refractivity contribution is 9.09. The summed E-state index contributed by atoms with van der Waals surface area (Å²) >= 11 is 12.0. The lowest BCUT2D eigenvalue weighted by molar-refractivity contribution is -0.154. The molecule has 0 aliphatic carbocycles. The lowest BCUT2D eigenvalue weighted by Crippen LogP contribution is -2.59. The largest absolute Gasteiger partial charge is 0.465 e. The molecule has 0 saturated carbocycles. The van der Waals surface area contributed by atoms with E-state index in [2.05, 4.69) is 29.1 Å². The van der Waals surface area contributed by atoms with Gasteiger partial charge in [0.25, 0.3) is 5.91 Å². The summed E-state index contributed by atoms with van der Waals surface area (Å²) < 4.78 is 4.88. The number of aryl methyl sites for hydroxylation is 1. The molecule has 3 saturated heterocycles. The second-order valence-corrected chi connectivity index (χ2v) is 14.8. The Hall–Kier alpha value is -1.81. The van der Waals surface area contributed by atoms with Crippen LogP contribution in [0.4, 0.5) is 5.69 Å². The molecule has 1 N–H and O–H groups in total. The van der Waals surface area contributed by atoms with E-state index in [4.69, 9.17) is 16.3 Å². The van der Waals surface area contributed by atoms with Gasteiger partial charge in [0.1, 0.15) is 6.04 Å². The Balaban J connectivity index is 1.80. The second-order valence-electron chi connectivity index (χ2n) is 11.6. The minimum atomic E-state index is -0.905. The van der Waals surface area contributed by atoms with Crippen LogP contribution in [0.2, 0.25) is 5.02 Å². The van der Waals surface area contributed by atoms with Crippen molar-refractivity contribution in [2.45, 2.75) is 79.8 Å². The summed E-state index contributed by atoms with van der Waals surface area (Å²) in [6, 6.07) is 3.98. The highest BCUT2D eigenvalue weighted by Gasteiger charge is 2.77. The summed E-state index contributed by atoms with van der Waals surface area (Å²) in [5.41, 5.74) is 1.40. The zero-order valence-corrected chi connectivity index (χ0v) is 27.8. The van der Waals surface area contributed by atoms with E-state index in [9.17, 15) is 19.5 Å². The fourth-order valence-corrected chi connectivity index (χ4v) is 10.9. The van der Waals surface area contributed by atoms with Crippen LogP contribution in [-0.4, -0.2) is 74.5 Å². The summed E-state index contributed by atoms with van der Waals surface area (Å²) in [7, 11) is 0. The quantitative estimate of drug-likeness (QED) is 0.113. The van der Waals surface area contributed by atoms with Crippen molar-refractivity contribution in [1.82, 2.24) is 4.90 Å². The molecule has 2 bridgehead atoms. The minimum absolute atomic E-state index is 0.0726. The number of alkyl halides is 1. The number of benzene rings is 1. The molecule has 2 amide bonds. The fraction of sp³-hybridized carbons (Fsp3) is 0.594. The Morgan fingerprint density at radius 3 is 2.69 bits per heavy atom. The summed E-state index contributed by atoms with van der Waals surface area (Å²) in [4.78, 5) is 46.2. The second kappa shape index (κ2) is 13.9. The van der Waals surface area contributed by atoms with E-state index < -0.39 is 34.6 Å². The standard InChI is InChI=1S/C32H42BrClN2O5S/c1-6-9-10-11-16-41-31(40)24-25-29(38)36(23(18-37)19(4)8-3)28(32(25)17-21(33)27(24)42-32)30(39)35(15-7-2)26-20(5)13-12-14-22(26)34/h6-7,12-14,19,21,23-25,27-28,37H,1-2,8-11,15-18H2,3-5H3/t19-,21?,23-,24-,25-,27-,28?,32?/m0/s1. The molecule has 3 aliphatic heterocycles. The number of unbranched alkanes of at least 4 members (excludes halogenated alkanes) is 2. The van der Waals surface area contributed by atoms with Crippen molar-refractivity contribution in [3.05, 3.63) is 54.1 Å². The molecule has 1 spiro atoms. The Labute approximate surface area is 267 Å². The van der Waals surface area contributed by atoms with Crippen LogP contribution in [-0.2, 0) is 19.1 Å². The maximum Gasteiger partial charge on any atom is 0.310 e. The number of carbonyl (C=O) groups excluding carboxylic acids is 3. The topological polar surface area (TPSA) is 87.1 Å². The van der Waals surface area contributed by atoms with Gasteiger partial charge in [0.15, 0.2) is 0 Å². The highest BCUT2D eigenvalue weighted by atomic mass is 79.9. The van der Waals surface area contributed by atoms with Gasteiger partial charge in [-0.25, -0.2) is 0 Å². The van der Waals surface area contributed by atoms with Gasteiger partial charge in [-0.3, -0.25) is 14.4 Å². The van der Waals surface area contributed by atoms with E-state index >= 15 is 0 Å². The third-order valence-electron chi connectivity index (χ3n) is 9.16. The molecule has 3 fully saturated rings. The lowest BCUT2D eigenvalue weighted by atomic mass is 9.71. The summed E-state index contributed by atoms with van der Waals surface area (Å²) in [6.45, 7) is 13.7. The average Bonchev–Trinajstić information content (AvgIpc) is 3.55. The molecule has 4 rings (SSSR count). The van der Waals surface area contributed by atoms with Gasteiger partial charge in [0, 0.05) is 16.6 Å². The lowest BCUT2D eigenvalue weighted by Gasteiger charge is -2.41. The number of esters is 1. The summed E-state index contributed by atoms with van der Waals surface area (Å²) in [6.07, 6.45) is 7.16. The smallest absolute Gasteiger partial charge is 0.310 e. The predicted octanol–water partition coefficient (Wildman–Crippen LogP) is 5.94. The van der Waals surface area contributed by atoms with Gasteiger partial charge in [0.2, 0.25) is 5.91 Å². The van der Waals surface area contributed by atoms with Gasteiger partial charge >= 0.3 is 5.97 Å². The monoisotopic (exact) mass is 680 g/mol. The number of para-hydroxylation sites is 1. The van der Waals surface area contributed by atoms with Gasteiger partial charge in [-0.2, -0.15) is 0 Å². The van der Waals surface area contributed by atoms with E-state index in [0.717, 1.165) is 18.4 Å². The molecular formula is C32H42BrClN2O5S. The number of ether oxygens (including phenoxy) is 1. The van der Waals surface area contributed by atoms with Gasteiger partial charge in [-0.05, 0) is 50.2 Å². The van der Waals surface area contributed by atoms with Crippen LogP contribution in [0, 0.1) is 24.7 Å². The van der Waals surface area contributed by atoms with E-state index in [1.54, 1.807) is 33.7 Å². The van der Waals surface area contributed by atoms with Crippen molar-refractivity contribution >= 4 is 62.8 Å². The van der Waals surface area contributed by atoms with Crippen molar-refractivity contribution in [3.8, 4) is 0 Å². The van der Waals surface area contributed by atoms with Crippen molar-refractivity contribution in [2.24, 2.45) is 17.8 Å². The normalized spacial score (nSPS) is 29.2. The number of rotatable bonds is 14. The molecule has 1 aromatic rings. The predicted molar refractivity (Wildman–Crippen MR) is 173 cm³/mol. The Bertz CT molecular complexity index is 1200. The van der Waals surface area contributed by atoms with Crippen LogP contribution in [0.5, 0.6) is 0 Å². The van der Waals surface area contributed by atoms with Crippen molar-refractivity contribution < 1.29 is 24.2 Å². The number of anilines is 1. The highest BCUT2D eigenvalue weighted by Crippen LogP contribution is 2.68. The molecule has 0 radical (unpaired) electrons. The van der Waals surface area contributed by atoms with Gasteiger partial charge < -0.3 is 19.6 Å². The van der Waals surface area contributed by atoms with Gasteiger partial charge in [-0.15, -0.1) is 24.9 Å². The van der Waals surface area contributed by atoms with Gasteiger partial charge in [0.05, 0.1) is 46.5 Å². The number of allylic oxidation sites excluding steroid dienone is 1. The third-order valence-corrected chi connectivity index (χ3v) is 12.7. The SMILES string of the molecule is C=CCCCCOC(=O)[C@H]1[C@H]2C(=O)N([C@@H](CO)[C@@H](C)CC)C(C(=O)N(CC=C)c3c(C)cccc3Cl)C23CC(Br)[C@@H]1S3. The molecule has 8 atom stereocenters. The van der Waals surface area contributed by atoms with Crippen LogP contribution >= 0.6 is 39.3 Å². The molecule has 3 heterocycles. The van der Waals surface area contributed by atoms with Crippen LogP contribution in [0.25, 0.3) is 0 Å². The van der Waals surface area contributed by atoms with Gasteiger partial charge in [-0.1, -0.05) is 72.1 Å². The number of fused-ring (bicyclic) bond motifs is 1. The number of hydrogen-bond donors (Lipinski definition) is 1. The molecule has 10 heteroatoms. The zero-order valence-electron chi connectivity index (χ0n) is 24.6. The van der Waals surface area contributed by atoms with E-state index in [0.29, 0.717) is 30.0 Å². The van der Waals surface area contributed by atoms with Crippen LogP contribution in [0.1, 0.15) is 51.5 Å². The van der Waals surface area contributed by atoms with Crippen LogP contribution in [0.15, 0.2) is 43.5 Å². The van der Waals surface area contributed by atoms with E-state index in [1.165, 1.54) is 0 Å². The zero-order chi connectivity index (χ0) is 30.8. The number of halogens is 2. The summed E-state index contributed by atoms with van der Waals surface area (Å²) in [5.74, 6) is -2.42. The number of likely N-dealkylation sites (tertiary alicyclic amines) is 1. The first-order valence-corrected chi connectivity index (χ1v) is 17.0. The first-order chi connectivity index (χ1) is 20.1. The van der Waals surface area contributed by atoms with Crippen molar-refractivity contribution in [2.75, 3.05) is 24.7 Å². The Kier molecular flexibility index (Phi) is 10.9. The fourth-order valence-electron chi connectivity index (χ4n) is 6.98. The van der Waals surface area contributed by atoms with Crippen molar-refractivity contribution in [3.63, 3.8) is 0 Å². The van der Waals surface area contributed by atoms with E-state index in [-0.39, 0.29) is 47.6 Å². The number of thioether (sulfide) groups is 1. The first kappa shape index (κ1) is 33.1. The number of hydrogen-bond acceptors (Lipinski definition) is 6. The molecule has 230 valence electrons. The van der Waals surface area contributed by atoms with Crippen LogP contribution < -0.4 is 4.90 Å². The molecule has 0 aromatic heterocycles. The Morgan fingerprint density at radius 1 is 1.33 bits per heavy atom. The average molecular weight is 682 g/mol. The number of aliphatic hydroxyl groups is 1. The molecule has 3 aliphatic rings. The van der Waals surface area contributed by atoms with Crippen molar-refractivity contribution in [1.29, 1.82) is 0 Å². The third kappa shape index (κ3) is 5.71. The Morgan fingerprint density at radius 2 is 2.07 bits per heavy atom. The first-order valence-electron chi connectivity index (χ1n) is 14.8. The molecule has 3 unspecified atom stereocenters. The number of nitrogens with zero attached hydrogens (tertiary/aromatic N) is 2.